The average molecular weight is 322 g/mol. The number of carbonyl (C=O) groups is 1. The number of hydrogen-bond acceptors (Lipinski definition) is 5. The van der Waals surface area contributed by atoms with Gasteiger partial charge in [0, 0.05) is 11.1 Å². The number of benzene rings is 1. The SMILES string of the molecule is CC(=O)C1=Cc2c(ccc3c(=O)c(C)c(-c4ccco4)oc23)OC1. The van der Waals surface area contributed by atoms with E-state index in [2.05, 4.69) is 0 Å². The molecule has 0 saturated heterocycles. The van der Waals surface area contributed by atoms with E-state index < -0.39 is 0 Å². The lowest BCUT2D eigenvalue weighted by atomic mass is 10.0. The Balaban J connectivity index is 2.08. The molecule has 2 aromatic heterocycles. The topological polar surface area (TPSA) is 69.7 Å². The molecule has 0 radical (unpaired) electrons. The van der Waals surface area contributed by atoms with Crippen molar-refractivity contribution in [2.75, 3.05) is 6.61 Å². The van der Waals surface area contributed by atoms with Gasteiger partial charge in [-0.1, -0.05) is 0 Å². The van der Waals surface area contributed by atoms with Gasteiger partial charge in [-0.05, 0) is 44.2 Å². The van der Waals surface area contributed by atoms with Crippen molar-refractivity contribution in [2.45, 2.75) is 13.8 Å². The van der Waals surface area contributed by atoms with Crippen molar-refractivity contribution in [1.82, 2.24) is 0 Å². The number of fused-ring (bicyclic) bond motifs is 3. The van der Waals surface area contributed by atoms with Gasteiger partial charge in [-0.3, -0.25) is 9.59 Å². The van der Waals surface area contributed by atoms with Crippen LogP contribution in [0.15, 0.2) is 49.7 Å². The molecule has 1 aliphatic heterocycles. The van der Waals surface area contributed by atoms with Crippen molar-refractivity contribution in [1.29, 1.82) is 0 Å². The van der Waals surface area contributed by atoms with Gasteiger partial charge in [0.05, 0.1) is 17.2 Å². The fourth-order valence-electron chi connectivity index (χ4n) is 2.83. The molecule has 0 aliphatic carbocycles. The van der Waals surface area contributed by atoms with E-state index in [0.29, 0.717) is 44.9 Å². The fourth-order valence-corrected chi connectivity index (χ4v) is 2.83. The van der Waals surface area contributed by atoms with Crippen molar-refractivity contribution >= 4 is 22.8 Å². The summed E-state index contributed by atoms with van der Waals surface area (Å²) in [5.74, 6) is 1.38. The van der Waals surface area contributed by atoms with Crippen LogP contribution < -0.4 is 10.2 Å². The highest BCUT2D eigenvalue weighted by Crippen LogP contribution is 2.35. The van der Waals surface area contributed by atoms with Crippen LogP contribution in [0.25, 0.3) is 28.6 Å². The van der Waals surface area contributed by atoms with Gasteiger partial charge < -0.3 is 13.6 Å². The number of carbonyl (C=O) groups excluding carboxylic acids is 1. The maximum absolute atomic E-state index is 12.7. The highest BCUT2D eigenvalue weighted by molar-refractivity contribution is 6.02. The zero-order valence-corrected chi connectivity index (χ0v) is 13.2. The minimum atomic E-state index is -0.131. The number of ketones is 1. The molecule has 24 heavy (non-hydrogen) atoms. The van der Waals surface area contributed by atoms with Crippen LogP contribution in [0.1, 0.15) is 18.1 Å². The lowest BCUT2D eigenvalue weighted by Gasteiger charge is -2.18. The molecule has 0 spiro atoms. The molecule has 5 nitrogen and oxygen atoms in total. The number of hydrogen-bond donors (Lipinski definition) is 0. The van der Waals surface area contributed by atoms with Gasteiger partial charge in [0.2, 0.25) is 0 Å². The maximum atomic E-state index is 12.7. The Labute approximate surface area is 137 Å². The molecule has 0 N–H and O–H groups in total. The average Bonchev–Trinajstić information content (AvgIpc) is 3.11. The number of rotatable bonds is 2. The second kappa shape index (κ2) is 5.23. The predicted octanol–water partition coefficient (Wildman–Crippen LogP) is 3.73. The molecule has 3 heterocycles. The van der Waals surface area contributed by atoms with Crippen molar-refractivity contribution in [2.24, 2.45) is 0 Å². The summed E-state index contributed by atoms with van der Waals surface area (Å²) in [5.41, 5.74) is 1.89. The molecule has 5 heteroatoms. The predicted molar refractivity (Wildman–Crippen MR) is 89.1 cm³/mol. The van der Waals surface area contributed by atoms with E-state index in [1.165, 1.54) is 13.2 Å². The van der Waals surface area contributed by atoms with Crippen LogP contribution in [-0.4, -0.2) is 12.4 Å². The van der Waals surface area contributed by atoms with Gasteiger partial charge in [0.1, 0.15) is 17.9 Å². The number of ether oxygens (including phenoxy) is 1. The van der Waals surface area contributed by atoms with E-state index >= 15 is 0 Å². The highest BCUT2D eigenvalue weighted by atomic mass is 16.5. The molecule has 3 aromatic rings. The molecule has 1 aliphatic rings. The van der Waals surface area contributed by atoms with Crippen LogP contribution in [0.4, 0.5) is 0 Å². The second-order valence-electron chi connectivity index (χ2n) is 5.73. The first kappa shape index (κ1) is 14.5. The van der Waals surface area contributed by atoms with E-state index in [0.717, 1.165) is 0 Å². The molecular formula is C19H14O5. The van der Waals surface area contributed by atoms with E-state index in [-0.39, 0.29) is 17.8 Å². The summed E-state index contributed by atoms with van der Waals surface area (Å²) in [7, 11) is 0. The summed E-state index contributed by atoms with van der Waals surface area (Å²) in [6, 6.07) is 6.88. The first-order chi connectivity index (χ1) is 11.6. The Morgan fingerprint density at radius 3 is 2.75 bits per heavy atom. The Bertz CT molecular complexity index is 1050. The van der Waals surface area contributed by atoms with Crippen molar-refractivity contribution in [3.63, 3.8) is 0 Å². The van der Waals surface area contributed by atoms with Crippen LogP contribution in [0.3, 0.4) is 0 Å². The van der Waals surface area contributed by atoms with Gasteiger partial charge in [0.15, 0.2) is 22.7 Å². The monoisotopic (exact) mass is 322 g/mol. The Morgan fingerprint density at radius 1 is 1.21 bits per heavy atom. The van der Waals surface area contributed by atoms with Crippen molar-refractivity contribution < 1.29 is 18.4 Å². The summed E-state index contributed by atoms with van der Waals surface area (Å²) in [6.45, 7) is 3.41. The molecule has 120 valence electrons. The first-order valence-electron chi connectivity index (χ1n) is 7.55. The quantitative estimate of drug-likeness (QED) is 0.719. The van der Waals surface area contributed by atoms with E-state index in [1.807, 2.05) is 0 Å². The molecule has 0 atom stereocenters. The standard InChI is InChI=1S/C19H14O5/c1-10-17(21)13-5-6-15-14(8-12(9-23-15)11(2)20)19(13)24-18(10)16-4-3-7-22-16/h3-8H,9H2,1-2H3. The first-order valence-corrected chi connectivity index (χ1v) is 7.55. The van der Waals surface area contributed by atoms with Gasteiger partial charge in [-0.2, -0.15) is 0 Å². The zero-order valence-electron chi connectivity index (χ0n) is 13.2. The lowest BCUT2D eigenvalue weighted by Crippen LogP contribution is -2.14. The molecule has 1 aromatic carbocycles. The molecule has 0 fully saturated rings. The highest BCUT2D eigenvalue weighted by Gasteiger charge is 2.22. The second-order valence-corrected chi connectivity index (χ2v) is 5.73. The van der Waals surface area contributed by atoms with E-state index in [4.69, 9.17) is 13.6 Å². The van der Waals surface area contributed by atoms with Crippen LogP contribution in [-0.2, 0) is 4.79 Å². The molecular weight excluding hydrogens is 308 g/mol. The van der Waals surface area contributed by atoms with Crippen LogP contribution in [0, 0.1) is 6.92 Å². The van der Waals surface area contributed by atoms with Crippen molar-refractivity contribution in [3.8, 4) is 17.3 Å². The summed E-state index contributed by atoms with van der Waals surface area (Å²) in [5, 5.41) is 0.450. The van der Waals surface area contributed by atoms with E-state index in [1.54, 1.807) is 37.3 Å². The third-order valence-electron chi connectivity index (χ3n) is 4.18. The number of Topliss-reactive ketones (excluding diaryl/α,β-unsaturated/α-hetero) is 1. The Hall–Kier alpha value is -3.08. The Kier molecular flexibility index (Phi) is 3.16. The van der Waals surface area contributed by atoms with Crippen LogP contribution in [0.2, 0.25) is 0 Å². The third-order valence-corrected chi connectivity index (χ3v) is 4.18. The van der Waals surface area contributed by atoms with Gasteiger partial charge in [0.25, 0.3) is 0 Å². The minimum absolute atomic E-state index is 0.0710. The van der Waals surface area contributed by atoms with Gasteiger partial charge >= 0.3 is 0 Å². The summed E-state index contributed by atoms with van der Waals surface area (Å²) in [4.78, 5) is 24.4. The molecule has 0 saturated carbocycles. The summed E-state index contributed by atoms with van der Waals surface area (Å²) >= 11 is 0. The van der Waals surface area contributed by atoms with Crippen LogP contribution >= 0.6 is 0 Å². The molecule has 0 unspecified atom stereocenters. The maximum Gasteiger partial charge on any atom is 0.196 e. The molecule has 4 rings (SSSR count). The summed E-state index contributed by atoms with van der Waals surface area (Å²) < 4.78 is 17.0. The van der Waals surface area contributed by atoms with Gasteiger partial charge in [-0.25, -0.2) is 0 Å². The van der Waals surface area contributed by atoms with E-state index in [9.17, 15) is 9.59 Å². The fraction of sp³-hybridized carbons (Fsp3) is 0.158. The summed E-state index contributed by atoms with van der Waals surface area (Å²) in [6.07, 6.45) is 3.25. The van der Waals surface area contributed by atoms with Crippen LogP contribution in [0.5, 0.6) is 5.75 Å². The third kappa shape index (κ3) is 2.09. The molecule has 0 bridgehead atoms. The molecule has 0 amide bonds. The Morgan fingerprint density at radius 2 is 2.04 bits per heavy atom. The normalized spacial score (nSPS) is 13.3. The lowest BCUT2D eigenvalue weighted by molar-refractivity contribution is -0.113. The zero-order chi connectivity index (χ0) is 16.8. The smallest absolute Gasteiger partial charge is 0.196 e. The van der Waals surface area contributed by atoms with Gasteiger partial charge in [-0.15, -0.1) is 0 Å². The largest absolute Gasteiger partial charge is 0.488 e. The number of furan rings is 1. The van der Waals surface area contributed by atoms with Crippen molar-refractivity contribution in [3.05, 3.63) is 57.5 Å². The minimum Gasteiger partial charge on any atom is -0.488 e.